The fourth-order valence-corrected chi connectivity index (χ4v) is 3.95. The lowest BCUT2D eigenvalue weighted by Gasteiger charge is -2.26. The minimum atomic E-state index is -0.195. The van der Waals surface area contributed by atoms with Gasteiger partial charge in [0.05, 0.1) is 19.7 Å². The van der Waals surface area contributed by atoms with Crippen LogP contribution in [-0.4, -0.2) is 46.0 Å². The van der Waals surface area contributed by atoms with Gasteiger partial charge in [-0.05, 0) is 17.7 Å². The number of aromatic nitrogens is 2. The zero-order chi connectivity index (χ0) is 21.6. The summed E-state index contributed by atoms with van der Waals surface area (Å²) in [7, 11) is 1.64. The van der Waals surface area contributed by atoms with Crippen LogP contribution in [0.25, 0.3) is 0 Å². The SMILES string of the molecule is COCc1ccc(CN2CCc3c(c(C(=O)NCc4ccccc4)nn3CCO)C2)o1. The molecule has 4 rings (SSSR count). The zero-order valence-electron chi connectivity index (χ0n) is 17.7. The molecule has 0 aliphatic carbocycles. The predicted octanol–water partition coefficient (Wildman–Crippen LogP) is 2.10. The number of rotatable bonds is 9. The maximum absolute atomic E-state index is 12.9. The summed E-state index contributed by atoms with van der Waals surface area (Å²) in [6.45, 7) is 3.35. The van der Waals surface area contributed by atoms with E-state index in [4.69, 9.17) is 9.15 Å². The molecule has 2 N–H and O–H groups in total. The van der Waals surface area contributed by atoms with Crippen LogP contribution in [0.1, 0.15) is 38.8 Å². The summed E-state index contributed by atoms with van der Waals surface area (Å²) in [5.74, 6) is 1.47. The minimum absolute atomic E-state index is 0.0163. The van der Waals surface area contributed by atoms with Crippen molar-refractivity contribution in [2.45, 2.75) is 39.2 Å². The van der Waals surface area contributed by atoms with Gasteiger partial charge in [-0.2, -0.15) is 5.10 Å². The van der Waals surface area contributed by atoms with Crippen molar-refractivity contribution < 1.29 is 19.1 Å². The monoisotopic (exact) mass is 424 g/mol. The van der Waals surface area contributed by atoms with E-state index in [1.807, 2.05) is 42.5 Å². The Balaban J connectivity index is 1.49. The largest absolute Gasteiger partial charge is 0.462 e. The van der Waals surface area contributed by atoms with Crippen molar-refractivity contribution >= 4 is 5.91 Å². The summed E-state index contributed by atoms with van der Waals surface area (Å²) in [5, 5.41) is 16.9. The molecule has 164 valence electrons. The maximum atomic E-state index is 12.9. The van der Waals surface area contributed by atoms with Gasteiger partial charge in [0.2, 0.25) is 0 Å². The lowest BCUT2D eigenvalue weighted by molar-refractivity contribution is 0.0942. The lowest BCUT2D eigenvalue weighted by Crippen LogP contribution is -2.32. The molecule has 0 unspecified atom stereocenters. The first kappa shape index (κ1) is 21.3. The topological polar surface area (TPSA) is 92.8 Å². The van der Waals surface area contributed by atoms with Gasteiger partial charge in [-0.25, -0.2) is 0 Å². The molecule has 2 aromatic heterocycles. The van der Waals surface area contributed by atoms with E-state index in [1.165, 1.54) is 0 Å². The van der Waals surface area contributed by atoms with Gasteiger partial charge in [-0.1, -0.05) is 30.3 Å². The number of aliphatic hydroxyl groups excluding tert-OH is 1. The summed E-state index contributed by atoms with van der Waals surface area (Å²) < 4.78 is 12.7. The Morgan fingerprint density at radius 3 is 2.81 bits per heavy atom. The third-order valence-electron chi connectivity index (χ3n) is 5.42. The fraction of sp³-hybridized carbons (Fsp3) is 0.391. The number of aliphatic hydroxyl groups is 1. The Labute approximate surface area is 181 Å². The molecule has 0 fully saturated rings. The van der Waals surface area contributed by atoms with Crippen LogP contribution >= 0.6 is 0 Å². The smallest absolute Gasteiger partial charge is 0.272 e. The Kier molecular flexibility index (Phi) is 6.81. The minimum Gasteiger partial charge on any atom is -0.462 e. The number of fused-ring (bicyclic) bond motifs is 1. The van der Waals surface area contributed by atoms with Crippen molar-refractivity contribution in [3.05, 3.63) is 76.5 Å². The highest BCUT2D eigenvalue weighted by Gasteiger charge is 2.28. The molecule has 0 saturated heterocycles. The van der Waals surface area contributed by atoms with Crippen LogP contribution in [0, 0.1) is 0 Å². The molecule has 0 radical (unpaired) electrons. The van der Waals surface area contributed by atoms with Gasteiger partial charge in [-0.3, -0.25) is 14.4 Å². The molecule has 0 bridgehead atoms. The van der Waals surface area contributed by atoms with Crippen molar-refractivity contribution in [3.8, 4) is 0 Å². The van der Waals surface area contributed by atoms with E-state index in [0.717, 1.165) is 41.3 Å². The van der Waals surface area contributed by atoms with Crippen LogP contribution in [0.3, 0.4) is 0 Å². The van der Waals surface area contributed by atoms with Crippen molar-refractivity contribution in [1.82, 2.24) is 20.0 Å². The highest BCUT2D eigenvalue weighted by atomic mass is 16.5. The highest BCUT2D eigenvalue weighted by molar-refractivity contribution is 5.94. The van der Waals surface area contributed by atoms with Gasteiger partial charge in [0.25, 0.3) is 5.91 Å². The molecule has 8 heteroatoms. The number of hydrogen-bond acceptors (Lipinski definition) is 6. The van der Waals surface area contributed by atoms with Crippen molar-refractivity contribution in [1.29, 1.82) is 0 Å². The Bertz CT molecular complexity index is 1010. The average Bonchev–Trinajstić information content (AvgIpc) is 3.38. The molecule has 0 spiro atoms. The number of ether oxygens (including phenoxy) is 1. The Morgan fingerprint density at radius 2 is 2.03 bits per heavy atom. The van der Waals surface area contributed by atoms with E-state index < -0.39 is 0 Å². The molecule has 1 aromatic carbocycles. The number of carbonyl (C=O) groups is 1. The third kappa shape index (κ3) is 5.04. The summed E-state index contributed by atoms with van der Waals surface area (Å²) in [6.07, 6.45) is 0.764. The van der Waals surface area contributed by atoms with Gasteiger partial charge in [0.1, 0.15) is 18.1 Å². The molecule has 31 heavy (non-hydrogen) atoms. The summed E-state index contributed by atoms with van der Waals surface area (Å²) in [6, 6.07) is 13.7. The quantitative estimate of drug-likeness (QED) is 0.547. The maximum Gasteiger partial charge on any atom is 0.272 e. The van der Waals surface area contributed by atoms with Crippen molar-refractivity contribution in [2.75, 3.05) is 20.3 Å². The number of carbonyl (C=O) groups excluding carboxylic acids is 1. The molecular weight excluding hydrogens is 396 g/mol. The van der Waals surface area contributed by atoms with Crippen LogP contribution in [0.5, 0.6) is 0 Å². The van der Waals surface area contributed by atoms with E-state index >= 15 is 0 Å². The van der Waals surface area contributed by atoms with E-state index in [-0.39, 0.29) is 12.5 Å². The molecular formula is C23H28N4O4. The van der Waals surface area contributed by atoms with E-state index in [0.29, 0.717) is 38.5 Å². The van der Waals surface area contributed by atoms with Crippen LogP contribution in [-0.2, 0) is 43.9 Å². The molecule has 1 aliphatic heterocycles. The van der Waals surface area contributed by atoms with Gasteiger partial charge < -0.3 is 19.6 Å². The molecule has 0 saturated carbocycles. The van der Waals surface area contributed by atoms with Gasteiger partial charge in [0.15, 0.2) is 5.69 Å². The van der Waals surface area contributed by atoms with Crippen LogP contribution in [0.2, 0.25) is 0 Å². The first-order valence-electron chi connectivity index (χ1n) is 10.5. The van der Waals surface area contributed by atoms with Gasteiger partial charge in [0, 0.05) is 44.4 Å². The first-order chi connectivity index (χ1) is 15.2. The molecule has 3 heterocycles. The zero-order valence-corrected chi connectivity index (χ0v) is 17.7. The third-order valence-corrected chi connectivity index (χ3v) is 5.42. The number of furan rings is 1. The second-order valence-corrected chi connectivity index (χ2v) is 7.65. The van der Waals surface area contributed by atoms with E-state index in [1.54, 1.807) is 11.8 Å². The highest BCUT2D eigenvalue weighted by Crippen LogP contribution is 2.25. The number of nitrogens with one attached hydrogen (secondary N) is 1. The number of benzene rings is 1. The second kappa shape index (κ2) is 9.91. The van der Waals surface area contributed by atoms with E-state index in [2.05, 4.69) is 15.3 Å². The Hall–Kier alpha value is -2.94. The first-order valence-corrected chi connectivity index (χ1v) is 10.5. The number of methoxy groups -OCH3 is 1. The van der Waals surface area contributed by atoms with Gasteiger partial charge >= 0.3 is 0 Å². The molecule has 0 atom stereocenters. The lowest BCUT2D eigenvalue weighted by atomic mass is 10.0. The van der Waals surface area contributed by atoms with Gasteiger partial charge in [-0.15, -0.1) is 0 Å². The van der Waals surface area contributed by atoms with Crippen LogP contribution in [0.15, 0.2) is 46.9 Å². The molecule has 3 aromatic rings. The summed E-state index contributed by atoms with van der Waals surface area (Å²) in [4.78, 5) is 15.2. The summed E-state index contributed by atoms with van der Waals surface area (Å²) in [5.41, 5.74) is 3.41. The molecule has 1 amide bonds. The van der Waals surface area contributed by atoms with Crippen LogP contribution in [0.4, 0.5) is 0 Å². The van der Waals surface area contributed by atoms with Crippen molar-refractivity contribution in [3.63, 3.8) is 0 Å². The predicted molar refractivity (Wildman–Crippen MR) is 114 cm³/mol. The Morgan fingerprint density at radius 1 is 1.23 bits per heavy atom. The fourth-order valence-electron chi connectivity index (χ4n) is 3.95. The normalized spacial score (nSPS) is 13.9. The average molecular weight is 425 g/mol. The molecule has 1 aliphatic rings. The molecule has 8 nitrogen and oxygen atoms in total. The summed E-state index contributed by atoms with van der Waals surface area (Å²) >= 11 is 0. The van der Waals surface area contributed by atoms with E-state index in [9.17, 15) is 9.90 Å². The second-order valence-electron chi connectivity index (χ2n) is 7.65. The number of nitrogens with zero attached hydrogens (tertiary/aromatic N) is 3. The number of hydrogen-bond donors (Lipinski definition) is 2. The van der Waals surface area contributed by atoms with Crippen molar-refractivity contribution in [2.24, 2.45) is 0 Å². The number of amides is 1. The standard InChI is InChI=1S/C23H28N4O4/c1-30-16-19-8-7-18(31-19)14-26-10-9-21-20(15-26)22(25-27(21)11-12-28)23(29)24-13-17-5-3-2-4-6-17/h2-8,28H,9-16H2,1H3,(H,24,29). The van der Waals surface area contributed by atoms with Crippen LogP contribution < -0.4 is 5.32 Å².